The summed E-state index contributed by atoms with van der Waals surface area (Å²) >= 11 is 0. The first-order chi connectivity index (χ1) is 27.0. The molecule has 6 rings (SSSR count). The molecule has 3 N–H and O–H groups in total. The Kier molecular flexibility index (Phi) is 12.8. The van der Waals surface area contributed by atoms with Crippen LogP contribution in [0.4, 0.5) is 0 Å². The van der Waals surface area contributed by atoms with E-state index in [1.54, 1.807) is 16.7 Å². The van der Waals surface area contributed by atoms with E-state index in [0.29, 0.717) is 35.5 Å². The minimum absolute atomic E-state index is 0.0143. The van der Waals surface area contributed by atoms with Crippen LogP contribution in [0.25, 0.3) is 17.1 Å². The first-order valence-electron chi connectivity index (χ1n) is 18.8. The number of piperazine rings is 1. The normalized spacial score (nSPS) is 14.0. The number of carbonyl (C=O) groups excluding carboxylic acids is 3. The Bertz CT molecular complexity index is 2140. The number of hydrogen-bond acceptors (Lipinski definition) is 11. The summed E-state index contributed by atoms with van der Waals surface area (Å²) in [6, 6.07) is 27.4. The molecule has 1 atom stereocenters. The van der Waals surface area contributed by atoms with Crippen LogP contribution < -0.4 is 5.32 Å². The predicted octanol–water partition coefficient (Wildman–Crippen LogP) is 5.83. The van der Waals surface area contributed by atoms with Crippen LogP contribution in [-0.2, 0) is 34.0 Å². The van der Waals surface area contributed by atoms with Gasteiger partial charge in [0.15, 0.2) is 11.9 Å². The van der Waals surface area contributed by atoms with Crippen molar-refractivity contribution >= 4 is 17.8 Å². The predicted molar refractivity (Wildman–Crippen MR) is 210 cm³/mol. The van der Waals surface area contributed by atoms with Crippen LogP contribution in [-0.4, -0.2) is 91.5 Å². The van der Waals surface area contributed by atoms with Gasteiger partial charge in [0.1, 0.15) is 18.1 Å². The molecule has 1 aliphatic rings. The van der Waals surface area contributed by atoms with Gasteiger partial charge in [-0.1, -0.05) is 68.4 Å². The topological polar surface area (TPSA) is 159 Å². The van der Waals surface area contributed by atoms with E-state index in [1.165, 1.54) is 13.0 Å². The smallest absolute Gasteiger partial charge is 0.347 e. The maximum atomic E-state index is 13.1. The van der Waals surface area contributed by atoms with E-state index < -0.39 is 23.9 Å². The fourth-order valence-corrected chi connectivity index (χ4v) is 6.62. The summed E-state index contributed by atoms with van der Waals surface area (Å²) in [5.74, 6) is -1.41. The van der Waals surface area contributed by atoms with Gasteiger partial charge in [-0.15, -0.1) is 10.2 Å². The fraction of sp³-hybridized carbons (Fsp3) is 0.326. The number of nitrogens with zero attached hydrogens (tertiary/aromatic N) is 5. The Morgan fingerprint density at radius 2 is 1.43 bits per heavy atom. The zero-order chi connectivity index (χ0) is 39.8. The molecule has 56 heavy (non-hydrogen) atoms. The minimum Gasteiger partial charge on any atom is -0.508 e. The van der Waals surface area contributed by atoms with Crippen LogP contribution in [0.3, 0.4) is 0 Å². The number of hydrogen-bond donors (Lipinski definition) is 3. The van der Waals surface area contributed by atoms with Gasteiger partial charge in [-0.25, -0.2) is 9.59 Å². The SMILES string of the molecule is CCNC(=O)c1nnc(-c2cc(C(C)C)c(O)cc2O)n1-c1ccc(CN2CCN(Cc3cccc(C(=O)O[C@@H](C)C(=O)OCc4ccccc4)c3)CC2)cc1. The lowest BCUT2D eigenvalue weighted by molar-refractivity contribution is -0.154. The number of carbonyl (C=O) groups is 3. The lowest BCUT2D eigenvalue weighted by atomic mass is 9.98. The first kappa shape index (κ1) is 39.6. The second-order valence-electron chi connectivity index (χ2n) is 14.2. The van der Waals surface area contributed by atoms with E-state index in [9.17, 15) is 24.6 Å². The number of aromatic nitrogens is 3. The number of nitrogens with one attached hydrogen (secondary N) is 1. The maximum absolute atomic E-state index is 13.1. The van der Waals surface area contributed by atoms with Gasteiger partial charge in [-0.05, 0) is 72.4 Å². The maximum Gasteiger partial charge on any atom is 0.347 e. The van der Waals surface area contributed by atoms with E-state index >= 15 is 0 Å². The van der Waals surface area contributed by atoms with Gasteiger partial charge in [0.2, 0.25) is 5.82 Å². The lowest BCUT2D eigenvalue weighted by Crippen LogP contribution is -2.45. The molecule has 5 aromatic rings. The summed E-state index contributed by atoms with van der Waals surface area (Å²) in [7, 11) is 0. The van der Waals surface area contributed by atoms with E-state index in [1.807, 2.05) is 93.6 Å². The third kappa shape index (κ3) is 9.60. The average molecular weight is 761 g/mol. The highest BCUT2D eigenvalue weighted by Crippen LogP contribution is 2.38. The van der Waals surface area contributed by atoms with Crippen LogP contribution in [0.2, 0.25) is 0 Å². The van der Waals surface area contributed by atoms with Crippen molar-refractivity contribution in [3.05, 3.63) is 125 Å². The van der Waals surface area contributed by atoms with Gasteiger partial charge < -0.3 is 25.0 Å². The molecule has 1 amide bonds. The molecule has 1 fully saturated rings. The first-order valence-corrected chi connectivity index (χ1v) is 18.8. The lowest BCUT2D eigenvalue weighted by Gasteiger charge is -2.34. The molecule has 0 unspecified atom stereocenters. The van der Waals surface area contributed by atoms with Crippen LogP contribution in [0.15, 0.2) is 91.0 Å². The van der Waals surface area contributed by atoms with Crippen molar-refractivity contribution < 1.29 is 34.1 Å². The molecule has 13 heteroatoms. The number of ether oxygens (including phenoxy) is 2. The van der Waals surface area contributed by atoms with Gasteiger partial charge in [0, 0.05) is 57.6 Å². The van der Waals surface area contributed by atoms with Crippen molar-refractivity contribution in [2.75, 3.05) is 32.7 Å². The number of phenols is 2. The van der Waals surface area contributed by atoms with Crippen molar-refractivity contribution in [2.24, 2.45) is 0 Å². The number of rotatable bonds is 14. The molecule has 1 aliphatic heterocycles. The molecule has 0 bridgehead atoms. The zero-order valence-corrected chi connectivity index (χ0v) is 32.1. The standard InChI is InChI=1S/C43H48N6O7/c1-5-44-41(52)40-46-45-39(36-23-35(28(2)3)37(50)24-38(36)51)49(40)34-16-14-30(15-17-34)25-47-18-20-48(21-19-47)26-32-12-9-13-33(22-32)43(54)56-29(4)42(53)55-27-31-10-7-6-8-11-31/h6-17,22-24,28-29,50-51H,5,18-21,25-27H2,1-4H3,(H,44,52)/t29-/m0/s1. The Labute approximate surface area is 326 Å². The van der Waals surface area contributed by atoms with Crippen LogP contribution in [0.5, 0.6) is 11.5 Å². The zero-order valence-electron chi connectivity index (χ0n) is 32.1. The summed E-state index contributed by atoms with van der Waals surface area (Å²) in [6.45, 7) is 12.5. The number of benzene rings is 4. The van der Waals surface area contributed by atoms with Gasteiger partial charge in [0.25, 0.3) is 5.91 Å². The second kappa shape index (κ2) is 18.1. The van der Waals surface area contributed by atoms with E-state index in [0.717, 1.165) is 49.4 Å². The molecule has 0 radical (unpaired) electrons. The third-order valence-electron chi connectivity index (χ3n) is 9.69. The summed E-state index contributed by atoms with van der Waals surface area (Å²) < 4.78 is 12.4. The van der Waals surface area contributed by atoms with Crippen molar-refractivity contribution in [1.82, 2.24) is 29.9 Å². The highest BCUT2D eigenvalue weighted by molar-refractivity contribution is 5.92. The van der Waals surface area contributed by atoms with Crippen molar-refractivity contribution in [3.8, 4) is 28.6 Å². The van der Waals surface area contributed by atoms with Crippen LogP contribution >= 0.6 is 0 Å². The Morgan fingerprint density at radius 1 is 0.768 bits per heavy atom. The highest BCUT2D eigenvalue weighted by Gasteiger charge is 2.25. The van der Waals surface area contributed by atoms with Gasteiger partial charge in [-0.3, -0.25) is 19.2 Å². The fourth-order valence-electron chi connectivity index (χ4n) is 6.62. The molecule has 1 aromatic heterocycles. The summed E-state index contributed by atoms with van der Waals surface area (Å²) in [4.78, 5) is 43.1. The molecular weight excluding hydrogens is 713 g/mol. The molecule has 2 heterocycles. The number of aromatic hydroxyl groups is 2. The summed E-state index contributed by atoms with van der Waals surface area (Å²) in [6.07, 6.45) is -1.04. The van der Waals surface area contributed by atoms with E-state index in [4.69, 9.17) is 9.47 Å². The molecule has 13 nitrogen and oxygen atoms in total. The number of esters is 2. The monoisotopic (exact) mass is 760 g/mol. The number of phenolic OH excluding ortho intramolecular Hbond substituents is 2. The molecule has 0 saturated carbocycles. The summed E-state index contributed by atoms with van der Waals surface area (Å²) in [5.41, 5.74) is 4.95. The van der Waals surface area contributed by atoms with Crippen molar-refractivity contribution in [2.45, 2.75) is 59.4 Å². The van der Waals surface area contributed by atoms with Gasteiger partial charge >= 0.3 is 11.9 Å². The van der Waals surface area contributed by atoms with Crippen molar-refractivity contribution in [3.63, 3.8) is 0 Å². The number of amides is 1. The molecular formula is C43H48N6O7. The second-order valence-corrected chi connectivity index (χ2v) is 14.2. The van der Waals surface area contributed by atoms with E-state index in [2.05, 4.69) is 25.3 Å². The molecule has 0 spiro atoms. The average Bonchev–Trinajstić information content (AvgIpc) is 3.63. The van der Waals surface area contributed by atoms with Gasteiger partial charge in [-0.2, -0.15) is 0 Å². The molecule has 4 aromatic carbocycles. The molecule has 1 saturated heterocycles. The van der Waals surface area contributed by atoms with E-state index in [-0.39, 0.29) is 35.7 Å². The highest BCUT2D eigenvalue weighted by atomic mass is 16.6. The molecule has 292 valence electrons. The van der Waals surface area contributed by atoms with Gasteiger partial charge in [0.05, 0.1) is 11.1 Å². The largest absolute Gasteiger partial charge is 0.508 e. The van der Waals surface area contributed by atoms with Crippen LogP contribution in [0.1, 0.15) is 76.8 Å². The Morgan fingerprint density at radius 3 is 2.09 bits per heavy atom. The minimum atomic E-state index is -1.04. The third-order valence-corrected chi connectivity index (χ3v) is 9.69. The van der Waals surface area contributed by atoms with Crippen molar-refractivity contribution in [1.29, 1.82) is 0 Å². The molecule has 0 aliphatic carbocycles. The van der Waals surface area contributed by atoms with Crippen LogP contribution in [0, 0.1) is 0 Å². The summed E-state index contributed by atoms with van der Waals surface area (Å²) in [5, 5.41) is 32.6. The Balaban J connectivity index is 1.05. The quantitative estimate of drug-likeness (QED) is 0.117. The Hall–Kier alpha value is -6.05.